The highest BCUT2D eigenvalue weighted by atomic mass is 35.5. The zero-order valence-electron chi connectivity index (χ0n) is 14.6. The lowest BCUT2D eigenvalue weighted by molar-refractivity contribution is -0.921. The summed E-state index contributed by atoms with van der Waals surface area (Å²) >= 11 is 0. The zero-order valence-corrected chi connectivity index (χ0v) is 15.3. The summed E-state index contributed by atoms with van der Waals surface area (Å²) < 4.78 is 6.52. The summed E-state index contributed by atoms with van der Waals surface area (Å²) in [4.78, 5) is 13.0. The van der Waals surface area contributed by atoms with Crippen molar-refractivity contribution >= 4 is 5.97 Å². The van der Waals surface area contributed by atoms with Gasteiger partial charge in [-0.15, -0.1) is 0 Å². The zero-order chi connectivity index (χ0) is 16.5. The Morgan fingerprint density at radius 2 is 1.75 bits per heavy atom. The molecule has 1 aliphatic heterocycles. The van der Waals surface area contributed by atoms with E-state index in [0.29, 0.717) is 10.0 Å². The number of rotatable bonds is 4. The third kappa shape index (κ3) is 3.46. The molecular formula is C19H28ClNO3. The van der Waals surface area contributed by atoms with Gasteiger partial charge in [0, 0.05) is 18.8 Å². The second-order valence-corrected chi connectivity index (χ2v) is 7.62. The Morgan fingerprint density at radius 3 is 2.29 bits per heavy atom. The van der Waals surface area contributed by atoms with Crippen LogP contribution in [0.3, 0.4) is 0 Å². The van der Waals surface area contributed by atoms with Gasteiger partial charge in [-0.3, -0.25) is 4.48 Å². The van der Waals surface area contributed by atoms with Crippen LogP contribution < -0.4 is 12.4 Å². The minimum atomic E-state index is -1.51. The fourth-order valence-corrected chi connectivity index (χ4v) is 4.14. The van der Waals surface area contributed by atoms with Gasteiger partial charge in [0.15, 0.2) is 5.60 Å². The van der Waals surface area contributed by atoms with E-state index in [9.17, 15) is 9.90 Å². The lowest BCUT2D eigenvalue weighted by atomic mass is 9.80. The van der Waals surface area contributed by atoms with Crippen LogP contribution >= 0.6 is 0 Å². The van der Waals surface area contributed by atoms with Crippen molar-refractivity contribution in [3.8, 4) is 0 Å². The van der Waals surface area contributed by atoms with E-state index in [2.05, 4.69) is 14.1 Å². The second-order valence-electron chi connectivity index (χ2n) is 7.62. The molecule has 2 aliphatic rings. The molecule has 2 fully saturated rings. The van der Waals surface area contributed by atoms with E-state index in [0.717, 1.165) is 45.1 Å². The first kappa shape index (κ1) is 19.2. The summed E-state index contributed by atoms with van der Waals surface area (Å²) in [6, 6.07) is 9.33. The van der Waals surface area contributed by atoms with Crippen LogP contribution in [-0.4, -0.2) is 42.4 Å². The molecule has 1 aromatic rings. The number of ether oxygens (including phenoxy) is 1. The number of carbonyl (C=O) groups is 1. The average Bonchev–Trinajstić information content (AvgIpc) is 3.18. The molecule has 1 saturated carbocycles. The summed E-state index contributed by atoms with van der Waals surface area (Å²) in [5, 5.41) is 11.4. The minimum absolute atomic E-state index is 0. The highest BCUT2D eigenvalue weighted by Gasteiger charge is 2.50. The SMILES string of the molecule is C[N+]1(C)CCCC1OC(=O)C(O)(c1ccccc1)C1CCCC1.[Cl-]. The number of aliphatic hydroxyl groups is 1. The van der Waals surface area contributed by atoms with Crippen molar-refractivity contribution in [2.75, 3.05) is 20.6 Å². The first-order chi connectivity index (χ1) is 10.9. The molecule has 1 heterocycles. The topological polar surface area (TPSA) is 46.5 Å². The van der Waals surface area contributed by atoms with Gasteiger partial charge in [-0.1, -0.05) is 43.2 Å². The maximum Gasteiger partial charge on any atom is 0.347 e. The maximum atomic E-state index is 13.0. The number of halogens is 1. The molecule has 0 bridgehead atoms. The van der Waals surface area contributed by atoms with E-state index in [1.165, 1.54) is 0 Å². The monoisotopic (exact) mass is 353 g/mol. The van der Waals surface area contributed by atoms with Crippen molar-refractivity contribution in [1.29, 1.82) is 0 Å². The molecule has 2 unspecified atom stereocenters. The van der Waals surface area contributed by atoms with Crippen LogP contribution in [0, 0.1) is 5.92 Å². The third-order valence-corrected chi connectivity index (χ3v) is 5.68. The van der Waals surface area contributed by atoms with Crippen LogP contribution in [0.1, 0.15) is 44.1 Å². The summed E-state index contributed by atoms with van der Waals surface area (Å²) in [5.41, 5.74) is -0.847. The molecule has 0 radical (unpaired) electrons. The number of likely N-dealkylation sites (tertiary alicyclic amines) is 1. The summed E-state index contributed by atoms with van der Waals surface area (Å²) in [6.45, 7) is 1.01. The number of hydrogen-bond donors (Lipinski definition) is 1. The molecule has 1 saturated heterocycles. The van der Waals surface area contributed by atoms with E-state index >= 15 is 0 Å². The molecule has 1 aromatic carbocycles. The molecule has 2 atom stereocenters. The van der Waals surface area contributed by atoms with Crippen molar-refractivity contribution in [1.82, 2.24) is 0 Å². The van der Waals surface area contributed by atoms with Gasteiger partial charge in [0.25, 0.3) is 0 Å². The largest absolute Gasteiger partial charge is 1.00 e. The molecule has 0 amide bonds. The van der Waals surface area contributed by atoms with E-state index < -0.39 is 11.6 Å². The average molecular weight is 354 g/mol. The van der Waals surface area contributed by atoms with Crippen LogP contribution in [-0.2, 0) is 15.1 Å². The molecular weight excluding hydrogens is 326 g/mol. The Morgan fingerprint density at radius 1 is 1.12 bits per heavy atom. The normalized spacial score (nSPS) is 25.7. The Bertz CT molecular complexity index is 557. The lowest BCUT2D eigenvalue weighted by Crippen LogP contribution is -3.00. The predicted molar refractivity (Wildman–Crippen MR) is 88.4 cm³/mol. The first-order valence-corrected chi connectivity index (χ1v) is 8.76. The summed E-state index contributed by atoms with van der Waals surface area (Å²) in [6.07, 6.45) is 5.66. The number of quaternary nitrogens is 1. The molecule has 24 heavy (non-hydrogen) atoms. The molecule has 134 valence electrons. The Balaban J connectivity index is 0.00000208. The molecule has 1 aliphatic carbocycles. The maximum absolute atomic E-state index is 13.0. The van der Waals surface area contributed by atoms with E-state index in [-0.39, 0.29) is 24.6 Å². The Kier molecular flexibility index (Phi) is 5.95. The Labute approximate surface area is 150 Å². The highest BCUT2D eigenvalue weighted by Crippen LogP contribution is 2.42. The van der Waals surface area contributed by atoms with Gasteiger partial charge in [-0.2, -0.15) is 0 Å². The van der Waals surface area contributed by atoms with Crippen LogP contribution in [0.25, 0.3) is 0 Å². The predicted octanol–water partition coefficient (Wildman–Crippen LogP) is -0.192. The van der Waals surface area contributed by atoms with Gasteiger partial charge in [-0.05, 0) is 18.4 Å². The molecule has 1 N–H and O–H groups in total. The molecule has 5 heteroatoms. The van der Waals surface area contributed by atoms with Crippen LogP contribution in [0.2, 0.25) is 0 Å². The van der Waals surface area contributed by atoms with E-state index in [1.807, 2.05) is 30.3 Å². The number of hydrogen-bond acceptors (Lipinski definition) is 3. The van der Waals surface area contributed by atoms with Gasteiger partial charge >= 0.3 is 5.97 Å². The van der Waals surface area contributed by atoms with Crippen LogP contribution in [0.4, 0.5) is 0 Å². The molecule has 4 nitrogen and oxygen atoms in total. The first-order valence-electron chi connectivity index (χ1n) is 8.76. The lowest BCUT2D eigenvalue weighted by Gasteiger charge is -2.36. The van der Waals surface area contributed by atoms with Gasteiger partial charge < -0.3 is 22.3 Å². The molecule has 0 aromatic heterocycles. The van der Waals surface area contributed by atoms with Crippen molar-refractivity contribution < 1.29 is 31.5 Å². The Hall–Kier alpha value is -1.10. The van der Waals surface area contributed by atoms with Crippen molar-refractivity contribution in [2.24, 2.45) is 5.92 Å². The number of carbonyl (C=O) groups excluding carboxylic acids is 1. The summed E-state index contributed by atoms with van der Waals surface area (Å²) in [5.74, 6) is -0.511. The van der Waals surface area contributed by atoms with Crippen molar-refractivity contribution in [3.63, 3.8) is 0 Å². The smallest absolute Gasteiger partial charge is 0.347 e. The van der Waals surface area contributed by atoms with Crippen molar-refractivity contribution in [3.05, 3.63) is 35.9 Å². The van der Waals surface area contributed by atoms with Gasteiger partial charge in [0.2, 0.25) is 6.23 Å². The van der Waals surface area contributed by atoms with Gasteiger partial charge in [0.05, 0.1) is 20.6 Å². The quantitative estimate of drug-likeness (QED) is 0.603. The fourth-order valence-electron chi connectivity index (χ4n) is 4.14. The van der Waals surface area contributed by atoms with Crippen molar-refractivity contribution in [2.45, 2.75) is 50.4 Å². The third-order valence-electron chi connectivity index (χ3n) is 5.68. The van der Waals surface area contributed by atoms with E-state index in [1.54, 1.807) is 0 Å². The standard InChI is InChI=1S/C19H28NO3.ClH/c1-20(2)14-8-13-17(20)23-18(21)19(22,16-11-6-7-12-16)15-9-4-3-5-10-15;/h3-5,9-10,16-17,22H,6-8,11-14H2,1-2H3;1H/q+1;/p-1. The second kappa shape index (κ2) is 7.42. The van der Waals surface area contributed by atoms with Crippen LogP contribution in [0.5, 0.6) is 0 Å². The van der Waals surface area contributed by atoms with Crippen LogP contribution in [0.15, 0.2) is 30.3 Å². The number of benzene rings is 1. The van der Waals surface area contributed by atoms with E-state index in [4.69, 9.17) is 4.74 Å². The van der Waals surface area contributed by atoms with Gasteiger partial charge in [0.1, 0.15) is 0 Å². The summed E-state index contributed by atoms with van der Waals surface area (Å²) in [7, 11) is 4.17. The highest BCUT2D eigenvalue weighted by molar-refractivity contribution is 5.81. The fraction of sp³-hybridized carbons (Fsp3) is 0.632. The molecule has 3 rings (SSSR count). The van der Waals surface area contributed by atoms with Gasteiger partial charge in [-0.25, -0.2) is 4.79 Å². The number of esters is 1. The number of nitrogens with zero attached hydrogens (tertiary/aromatic N) is 1. The molecule has 0 spiro atoms. The minimum Gasteiger partial charge on any atom is -1.00 e.